The summed E-state index contributed by atoms with van der Waals surface area (Å²) >= 11 is 0. The molecule has 2 aromatic carbocycles. The van der Waals surface area contributed by atoms with Gasteiger partial charge in [-0.25, -0.2) is 9.59 Å². The summed E-state index contributed by atoms with van der Waals surface area (Å²) in [6.45, 7) is 9.15. The zero-order valence-electron chi connectivity index (χ0n) is 29.5. The highest BCUT2D eigenvalue weighted by Gasteiger charge is 2.30. The van der Waals surface area contributed by atoms with Gasteiger partial charge in [-0.2, -0.15) is 0 Å². The summed E-state index contributed by atoms with van der Waals surface area (Å²) in [6, 6.07) is 16.3. The molecule has 0 saturated carbocycles. The number of likely N-dealkylation sites (N-methyl/N-ethyl adjacent to an activating group) is 1. The number of amides is 4. The van der Waals surface area contributed by atoms with Gasteiger partial charge in [-0.05, 0) is 43.0 Å². The van der Waals surface area contributed by atoms with Gasteiger partial charge in [0, 0.05) is 44.8 Å². The third-order valence-corrected chi connectivity index (χ3v) is 7.99. The molecule has 0 aromatic heterocycles. The number of hydrogen-bond donors (Lipinski definition) is 0. The summed E-state index contributed by atoms with van der Waals surface area (Å²) in [5, 5.41) is 0. The van der Waals surface area contributed by atoms with Crippen LogP contribution in [0.5, 0.6) is 0 Å². The minimum Gasteiger partial charge on any atom is -0.448 e. The molecule has 2 aliphatic rings. The molecular weight excluding hydrogens is 646 g/mol. The van der Waals surface area contributed by atoms with E-state index in [1.807, 2.05) is 24.3 Å². The number of hydrogen-bond acceptors (Lipinski definition) is 10. The zero-order valence-corrected chi connectivity index (χ0v) is 29.5. The lowest BCUT2D eigenvalue weighted by atomic mass is 9.98. The van der Waals surface area contributed by atoms with Gasteiger partial charge >= 0.3 is 12.2 Å². The molecule has 1 aliphatic heterocycles. The highest BCUT2D eigenvalue weighted by atomic mass is 16.6. The molecule has 0 atom stereocenters. The highest BCUT2D eigenvalue weighted by molar-refractivity contribution is 6.12. The first-order valence-electron chi connectivity index (χ1n) is 16.9. The van der Waals surface area contributed by atoms with Crippen molar-refractivity contribution in [2.45, 2.75) is 32.3 Å². The number of fused-ring (bicyclic) bond motifs is 3. The lowest BCUT2D eigenvalue weighted by Gasteiger charge is -2.28. The molecule has 1 heterocycles. The second-order valence-electron chi connectivity index (χ2n) is 12.8. The number of carbonyl (C=O) groups excluding carboxylic acids is 4. The molecule has 0 saturated heterocycles. The fourth-order valence-corrected chi connectivity index (χ4v) is 5.43. The molecule has 2 aromatic rings. The van der Waals surface area contributed by atoms with Crippen LogP contribution < -0.4 is 0 Å². The van der Waals surface area contributed by atoms with Crippen LogP contribution in [0.25, 0.3) is 11.1 Å². The number of carbonyl (C=O) groups is 4. The first-order chi connectivity index (χ1) is 24.0. The molecule has 13 nitrogen and oxygen atoms in total. The van der Waals surface area contributed by atoms with E-state index in [1.165, 1.54) is 17.1 Å². The van der Waals surface area contributed by atoms with Gasteiger partial charge in [0.05, 0.1) is 59.4 Å². The van der Waals surface area contributed by atoms with Crippen molar-refractivity contribution in [2.75, 3.05) is 92.7 Å². The van der Waals surface area contributed by atoms with E-state index >= 15 is 0 Å². The summed E-state index contributed by atoms with van der Waals surface area (Å²) < 4.78 is 33.5. The van der Waals surface area contributed by atoms with Gasteiger partial charge in [0.1, 0.15) is 12.2 Å². The van der Waals surface area contributed by atoms with Crippen LogP contribution in [-0.2, 0) is 38.0 Å². The Hall–Kier alpha value is -4.30. The smallest absolute Gasteiger partial charge is 0.410 e. The van der Waals surface area contributed by atoms with Crippen molar-refractivity contribution >= 4 is 24.0 Å². The Morgan fingerprint density at radius 3 is 1.72 bits per heavy atom. The minimum atomic E-state index is -0.632. The molecule has 0 fully saturated rings. The molecule has 0 spiro atoms. The predicted molar refractivity (Wildman–Crippen MR) is 185 cm³/mol. The molecule has 272 valence electrons. The van der Waals surface area contributed by atoms with Gasteiger partial charge in [-0.3, -0.25) is 14.5 Å². The first-order valence-corrected chi connectivity index (χ1v) is 16.9. The quantitative estimate of drug-likeness (QED) is 0.147. The average molecular weight is 696 g/mol. The summed E-state index contributed by atoms with van der Waals surface area (Å²) in [6.07, 6.45) is 1.53. The minimum absolute atomic E-state index is 0.0704. The second-order valence-corrected chi connectivity index (χ2v) is 12.8. The maximum atomic E-state index is 13.4. The number of rotatable bonds is 20. The maximum absolute atomic E-state index is 13.4. The third-order valence-electron chi connectivity index (χ3n) is 7.99. The molecule has 4 amide bonds. The van der Waals surface area contributed by atoms with E-state index in [2.05, 4.69) is 24.3 Å². The van der Waals surface area contributed by atoms with Crippen LogP contribution in [0, 0.1) is 0 Å². The van der Waals surface area contributed by atoms with Crippen molar-refractivity contribution < 1.29 is 47.6 Å². The van der Waals surface area contributed by atoms with Gasteiger partial charge in [0.25, 0.3) is 11.8 Å². The van der Waals surface area contributed by atoms with Crippen molar-refractivity contribution in [2.24, 2.45) is 0 Å². The second kappa shape index (κ2) is 19.2. The molecule has 0 unspecified atom stereocenters. The lowest BCUT2D eigenvalue weighted by molar-refractivity contribution is -0.137. The monoisotopic (exact) mass is 695 g/mol. The molecule has 4 rings (SSSR count). The summed E-state index contributed by atoms with van der Waals surface area (Å²) in [4.78, 5) is 53.0. The van der Waals surface area contributed by atoms with E-state index in [4.69, 9.17) is 28.4 Å². The van der Waals surface area contributed by atoms with Crippen LogP contribution in [0.3, 0.4) is 0 Å². The Kier molecular flexibility index (Phi) is 14.8. The van der Waals surface area contributed by atoms with Gasteiger partial charge in [0.2, 0.25) is 0 Å². The van der Waals surface area contributed by atoms with E-state index in [1.54, 1.807) is 32.7 Å². The first kappa shape index (κ1) is 38.5. The van der Waals surface area contributed by atoms with Crippen molar-refractivity contribution in [3.05, 3.63) is 71.8 Å². The molecule has 0 bridgehead atoms. The normalized spacial score (nSPS) is 13.8. The van der Waals surface area contributed by atoms with Crippen molar-refractivity contribution in [1.82, 2.24) is 14.7 Å². The summed E-state index contributed by atoms with van der Waals surface area (Å²) in [5.41, 5.74) is 3.92. The molecular formula is C37H49N3O10. The van der Waals surface area contributed by atoms with Crippen LogP contribution >= 0.6 is 0 Å². The molecule has 50 heavy (non-hydrogen) atoms. The fraction of sp³-hybridized carbons (Fsp3) is 0.514. The molecule has 1 aliphatic carbocycles. The van der Waals surface area contributed by atoms with E-state index in [0.717, 1.165) is 27.2 Å². The predicted octanol–water partition coefficient (Wildman–Crippen LogP) is 4.10. The van der Waals surface area contributed by atoms with Crippen LogP contribution in [0.2, 0.25) is 0 Å². The Morgan fingerprint density at radius 1 is 0.680 bits per heavy atom. The zero-order chi connectivity index (χ0) is 35.9. The number of ether oxygens (including phenoxy) is 6. The van der Waals surface area contributed by atoms with Gasteiger partial charge < -0.3 is 38.2 Å². The van der Waals surface area contributed by atoms with Gasteiger partial charge in [-0.1, -0.05) is 48.5 Å². The number of nitrogens with zero attached hydrogens (tertiary/aromatic N) is 3. The summed E-state index contributed by atoms with van der Waals surface area (Å²) in [7, 11) is 1.63. The SMILES string of the molecule is CN(CCN(CCOCCOCCOCCOCCN1C(=O)C=CC1=O)C(=O)OCC1c2ccccc2-c2ccccc21)C(=O)OC(C)(C)C. The van der Waals surface area contributed by atoms with Crippen LogP contribution in [0.15, 0.2) is 60.7 Å². The van der Waals surface area contributed by atoms with Crippen LogP contribution in [0.1, 0.15) is 37.8 Å². The standard InChI is InChI=1S/C37H49N3O10/c1-37(2,3)50-35(43)38(4)15-16-39(36(44)49-27-32-30-11-7-5-9-28(30)29-10-6-8-12-31(29)32)17-19-45-21-23-47-25-26-48-24-22-46-20-18-40-33(41)13-14-34(40)42/h5-14,32H,15-27H2,1-4H3. The molecule has 13 heteroatoms. The Bertz CT molecular complexity index is 1410. The third kappa shape index (κ3) is 11.7. The number of benzene rings is 2. The van der Waals surface area contributed by atoms with Crippen molar-refractivity contribution in [3.8, 4) is 11.1 Å². The van der Waals surface area contributed by atoms with Gasteiger partial charge in [0.15, 0.2) is 0 Å². The largest absolute Gasteiger partial charge is 0.448 e. The van der Waals surface area contributed by atoms with E-state index in [0.29, 0.717) is 39.6 Å². The highest BCUT2D eigenvalue weighted by Crippen LogP contribution is 2.44. The van der Waals surface area contributed by atoms with E-state index in [9.17, 15) is 19.2 Å². The topological polar surface area (TPSA) is 133 Å². The Morgan fingerprint density at radius 2 is 1.18 bits per heavy atom. The van der Waals surface area contributed by atoms with Crippen molar-refractivity contribution in [1.29, 1.82) is 0 Å². The lowest BCUT2D eigenvalue weighted by Crippen LogP contribution is -2.43. The summed E-state index contributed by atoms with van der Waals surface area (Å²) in [5.74, 6) is -0.724. The number of imide groups is 1. The van der Waals surface area contributed by atoms with E-state index in [-0.39, 0.29) is 63.7 Å². The van der Waals surface area contributed by atoms with Crippen molar-refractivity contribution in [3.63, 3.8) is 0 Å². The molecule has 0 radical (unpaired) electrons. The van der Waals surface area contributed by atoms with E-state index < -0.39 is 17.8 Å². The molecule has 0 N–H and O–H groups in total. The van der Waals surface area contributed by atoms with Crippen LogP contribution in [0.4, 0.5) is 9.59 Å². The fourth-order valence-electron chi connectivity index (χ4n) is 5.43. The Labute approximate surface area is 294 Å². The Balaban J connectivity index is 1.14. The average Bonchev–Trinajstić information content (AvgIpc) is 3.59. The van der Waals surface area contributed by atoms with Crippen LogP contribution in [-0.4, -0.2) is 137 Å². The van der Waals surface area contributed by atoms with Gasteiger partial charge in [-0.15, -0.1) is 0 Å². The maximum Gasteiger partial charge on any atom is 0.410 e.